The Bertz CT molecular complexity index is 6580. The maximum absolute atomic E-state index is 13.2. The molecule has 36 heteroatoms. The third-order valence-corrected chi connectivity index (χ3v) is 23.0. The van der Waals surface area contributed by atoms with Crippen LogP contribution in [0.25, 0.3) is 0 Å². The predicted molar refractivity (Wildman–Crippen MR) is 569 cm³/mol. The molecule has 16 rings (SSSR count). The summed E-state index contributed by atoms with van der Waals surface area (Å²) in [5, 5.41) is 113. The Kier molecular flexibility index (Phi) is 47.6. The van der Waals surface area contributed by atoms with E-state index in [1.54, 1.807) is 256 Å². The van der Waals surface area contributed by atoms with Crippen LogP contribution in [0.15, 0.2) is 472 Å². The molecule has 747 valence electrons. The van der Waals surface area contributed by atoms with Gasteiger partial charge < -0.3 is 60.5 Å². The second-order valence-corrected chi connectivity index (χ2v) is 33.9. The van der Waals surface area contributed by atoms with Gasteiger partial charge in [-0.15, -0.1) is 34.5 Å². The van der Waals surface area contributed by atoms with Gasteiger partial charge in [-0.2, -0.15) is 15.0 Å². The third-order valence-electron chi connectivity index (χ3n) is 20.0. The number of Topliss-reactive ketones (excluding diaryl/α,β-unsaturated/α-hetero) is 3. The first-order valence-electron chi connectivity index (χ1n) is 45.0. The van der Waals surface area contributed by atoms with E-state index in [1.165, 1.54) is 127 Å². The minimum atomic E-state index is -0.690. The number of hydrogen-bond acceptors (Lipinski definition) is 33. The number of ketones is 3. The topological polar surface area (TPSA) is 473 Å². The van der Waals surface area contributed by atoms with Crippen LogP contribution in [0, 0.1) is 15.6 Å². The average Bonchev–Trinajstić information content (AvgIpc) is 0.843. The Hall–Kier alpha value is -17.4. The molecule has 15 aromatic carbocycles. The molecule has 1 heterocycles. The van der Waals surface area contributed by atoms with Crippen molar-refractivity contribution in [2.24, 2.45) is 60.4 Å². The van der Waals surface area contributed by atoms with E-state index in [0.717, 1.165) is 29.4 Å². The summed E-state index contributed by atoms with van der Waals surface area (Å²) in [4.78, 5) is 96.9. The molecule has 0 aliphatic carbocycles. The van der Waals surface area contributed by atoms with Crippen molar-refractivity contribution in [3.63, 3.8) is 0 Å². The summed E-state index contributed by atoms with van der Waals surface area (Å²) in [6.45, 7) is 2.87. The van der Waals surface area contributed by atoms with Crippen molar-refractivity contribution in [2.45, 2.75) is 29.4 Å². The normalized spacial score (nSPS) is 11.5. The number of aromatic nitrogens is 3. The van der Waals surface area contributed by atoms with Crippen LogP contribution in [0.5, 0.6) is 51.7 Å². The number of hydrogen-bond donors (Lipinski definition) is 0. The van der Waals surface area contributed by atoms with E-state index in [-0.39, 0.29) is 137 Å². The van der Waals surface area contributed by atoms with Crippen LogP contribution in [0.3, 0.4) is 0 Å². The number of rotatable bonds is 36. The van der Waals surface area contributed by atoms with E-state index in [2.05, 4.69) is 75.4 Å². The zero-order valence-corrected chi connectivity index (χ0v) is 84.7. The standard InChI is InChI=1S/C66H45N9O9S3.3C16H16N2O2.3Fe/c76-58(46-22-34-55(35-23-46)85-52-10-4-1-5-11-52)61(73-79)82-49-28-16-43(17-29-49)40-67-64-70-65(68-41-44-18-30-50(31-19-44)83-62(74-80)59(77)47-24-36-56(37-25-47)86-53-12-6-2-7-13-53)72-66(71-64)69-42-45-20-32-51(33-21-45)84-63(75-81)60(78)48-26-38-57(39-27-48)87-54-14-8-3-9-15-54;3*19-15-7-3-1-5-13(15)11-17-9-10-18-12-14-6-2-4-8-16(14)20;;;/h1-42,79-81H;3*1-8,11-12,19-20H,9-10H2;;;/q;;;;3*+3/p-9/b67-40+,68-41+,69-42+,73-61+,74-62+,75-63+;;;;;;. The molecule has 0 atom stereocenters. The molecule has 150 heavy (non-hydrogen) atoms. The van der Waals surface area contributed by atoms with Gasteiger partial charge >= 0.3 is 51.2 Å². The van der Waals surface area contributed by atoms with Gasteiger partial charge in [0.2, 0.25) is 17.3 Å². The molecular formula is C114H84Fe3N15O15S3. The van der Waals surface area contributed by atoms with Gasteiger partial charge in [0.05, 0.1) is 39.3 Å². The van der Waals surface area contributed by atoms with Crippen molar-refractivity contribution in [1.82, 2.24) is 15.0 Å². The number of carbonyl (C=O) groups is 3. The molecule has 0 N–H and O–H groups in total. The van der Waals surface area contributed by atoms with E-state index >= 15 is 0 Å². The van der Waals surface area contributed by atoms with Crippen LogP contribution in [-0.4, -0.2) is 145 Å². The number of aliphatic imine (C=N–C) groups is 9. The summed E-state index contributed by atoms with van der Waals surface area (Å²) in [6.07, 6.45) is 13.7. The Morgan fingerprint density at radius 3 is 0.593 bits per heavy atom. The summed E-state index contributed by atoms with van der Waals surface area (Å²) in [6, 6.07) is 109. The molecule has 3 radical (unpaired) electrons. The van der Waals surface area contributed by atoms with Crippen molar-refractivity contribution < 1.29 is 110 Å². The van der Waals surface area contributed by atoms with Crippen LogP contribution in [0.4, 0.5) is 17.8 Å². The molecule has 0 amide bonds. The maximum atomic E-state index is 13.2. The first-order valence-corrected chi connectivity index (χ1v) is 47.4. The van der Waals surface area contributed by atoms with Crippen LogP contribution in [0.1, 0.15) is 81.1 Å². The van der Waals surface area contributed by atoms with Gasteiger partial charge in [-0.05, 0) is 232 Å². The zero-order chi connectivity index (χ0) is 103. The van der Waals surface area contributed by atoms with Gasteiger partial charge in [0, 0.05) is 102 Å². The van der Waals surface area contributed by atoms with Gasteiger partial charge in [-0.25, -0.2) is 15.0 Å². The largest absolute Gasteiger partial charge is 3.00 e. The Balaban J connectivity index is 0.000000290. The first kappa shape index (κ1) is 115. The van der Waals surface area contributed by atoms with Gasteiger partial charge in [-0.3, -0.25) is 59.8 Å². The smallest absolute Gasteiger partial charge is 0.872 e. The molecular weight excluding hydrogens is 2080 g/mol. The second kappa shape index (κ2) is 62.4. The maximum Gasteiger partial charge on any atom is 3.00 e. The summed E-state index contributed by atoms with van der Waals surface area (Å²) in [5.74, 6) is -4.01. The Labute approximate surface area is 907 Å². The molecule has 0 fully saturated rings. The van der Waals surface area contributed by atoms with E-state index in [4.69, 9.17) is 14.2 Å². The molecule has 0 bridgehead atoms. The van der Waals surface area contributed by atoms with Gasteiger partial charge in [0.15, 0.2) is 0 Å². The van der Waals surface area contributed by atoms with E-state index in [1.807, 2.05) is 91.0 Å². The molecule has 0 aliphatic rings. The van der Waals surface area contributed by atoms with E-state index < -0.39 is 35.0 Å². The third kappa shape index (κ3) is 37.9. The van der Waals surface area contributed by atoms with Crippen molar-refractivity contribution in [2.75, 3.05) is 39.3 Å². The number of para-hydroxylation sites is 6. The number of benzene rings is 15. The fourth-order valence-electron chi connectivity index (χ4n) is 12.5. The van der Waals surface area contributed by atoms with Crippen LogP contribution in [-0.2, 0) is 51.2 Å². The van der Waals surface area contributed by atoms with Crippen molar-refractivity contribution in [3.05, 3.63) is 465 Å². The molecule has 1 aromatic heterocycles. The molecule has 16 aromatic rings. The van der Waals surface area contributed by atoms with Crippen molar-refractivity contribution >= 4 is 144 Å². The summed E-state index contributed by atoms with van der Waals surface area (Å²) >= 11 is 4.58. The van der Waals surface area contributed by atoms with Crippen LogP contribution in [0.2, 0.25) is 0 Å². The zero-order valence-electron chi connectivity index (χ0n) is 78.9. The van der Waals surface area contributed by atoms with E-state index in [0.29, 0.717) is 89.3 Å². The molecule has 0 spiro atoms. The predicted octanol–water partition coefficient (Wildman–Crippen LogP) is 19.2. The first-order chi connectivity index (χ1) is 71.9. The summed E-state index contributed by atoms with van der Waals surface area (Å²) in [5.41, 5.74) is 5.74. The molecule has 0 unspecified atom stereocenters. The minimum absolute atomic E-state index is 0. The van der Waals surface area contributed by atoms with Gasteiger partial charge in [0.1, 0.15) is 17.2 Å². The fraction of sp³-hybridized carbons (Fsp3) is 0.0526. The minimum Gasteiger partial charge on any atom is -0.872 e. The molecule has 0 saturated carbocycles. The summed E-state index contributed by atoms with van der Waals surface area (Å²) < 4.78 is 16.9. The van der Waals surface area contributed by atoms with Crippen molar-refractivity contribution in [1.29, 1.82) is 0 Å². The van der Waals surface area contributed by atoms with Crippen LogP contribution < -0.4 is 44.8 Å². The molecule has 30 nitrogen and oxygen atoms in total. The second-order valence-electron chi connectivity index (χ2n) is 30.5. The quantitative estimate of drug-likeness (QED) is 0.00878. The number of nitrogens with zero attached hydrogens (tertiary/aromatic N) is 15. The SMILES string of the molecule is O=C(/C(=N\[O-])Oc1ccc(/C=N/c2nc(/N=C/c3ccc(O/C(=N/[O-])C(=O)c4ccc(Sc5ccccc5)cc4)cc3)nc(/N=C/c3ccc(O/C(=N/[O-])C(=O)c4ccc(Sc5ccccc5)cc4)cc3)n2)cc1)c1ccc(Sc2ccccc2)cc1.[Fe+3].[Fe+3].[Fe+3].[O-]c1ccccc1C=NCCN=Cc1ccccc1[O-].[O-]c1ccccc1C=NCCN=Cc1ccccc1[O-].[O-]c1ccccc1C=NCCN=Cc1ccccc1[O-]. The number of carbonyl (C=O) groups excluding carboxylic acids is 3. The van der Waals surface area contributed by atoms with Crippen molar-refractivity contribution in [3.8, 4) is 51.7 Å². The summed E-state index contributed by atoms with van der Waals surface area (Å²) in [7, 11) is 0. The van der Waals surface area contributed by atoms with Gasteiger partial charge in [0.25, 0.3) is 35.5 Å². The molecule has 0 aliphatic heterocycles. The Morgan fingerprint density at radius 1 is 0.227 bits per heavy atom. The van der Waals surface area contributed by atoms with Gasteiger partial charge in [-0.1, -0.05) is 235 Å². The average molecular weight is 2170 g/mol. The van der Waals surface area contributed by atoms with Crippen LogP contribution >= 0.6 is 35.3 Å². The number of ether oxygens (including phenoxy) is 3. The van der Waals surface area contributed by atoms with E-state index in [9.17, 15) is 60.6 Å². The Morgan fingerprint density at radius 2 is 0.407 bits per heavy atom. The fourth-order valence-corrected chi connectivity index (χ4v) is 15.1. The monoisotopic (exact) mass is 2170 g/mol. The molecule has 0 saturated heterocycles.